The Kier molecular flexibility index (Phi) is 7.17. The predicted octanol–water partition coefficient (Wildman–Crippen LogP) is 2.45. The average molecular weight is 509 g/mol. The number of hydrazone groups is 1. The van der Waals surface area contributed by atoms with E-state index in [-0.39, 0.29) is 29.1 Å². The van der Waals surface area contributed by atoms with Crippen LogP contribution in [0.5, 0.6) is 0 Å². The number of rotatable bonds is 6. The molecule has 0 amide bonds. The number of ether oxygens (including phenoxy) is 1. The number of hydrogen-bond acceptors (Lipinski definition) is 8. The Bertz CT molecular complexity index is 1260. The SMILES string of the molecule is N=C(C(=NN)C1CC(n2cc(-c3cc(F)c(F)c(F)c3)nn2)C(O)C(CO)O1)c1cccc(Cl)c1. The van der Waals surface area contributed by atoms with Crippen molar-refractivity contribution in [3.63, 3.8) is 0 Å². The Morgan fingerprint density at radius 2 is 1.97 bits per heavy atom. The highest BCUT2D eigenvalue weighted by molar-refractivity contribution is 6.48. The van der Waals surface area contributed by atoms with E-state index in [1.807, 2.05) is 0 Å². The molecule has 0 radical (unpaired) electrons. The molecule has 184 valence electrons. The first kappa shape index (κ1) is 24.8. The quantitative estimate of drug-likeness (QED) is 0.174. The summed E-state index contributed by atoms with van der Waals surface area (Å²) in [5.41, 5.74) is 0.375. The summed E-state index contributed by atoms with van der Waals surface area (Å²) in [6.07, 6.45) is -1.93. The van der Waals surface area contributed by atoms with Gasteiger partial charge in [-0.25, -0.2) is 17.9 Å². The van der Waals surface area contributed by atoms with E-state index in [2.05, 4.69) is 15.4 Å². The molecule has 0 bridgehead atoms. The number of aromatic nitrogens is 3. The van der Waals surface area contributed by atoms with Crippen molar-refractivity contribution < 1.29 is 28.1 Å². The summed E-state index contributed by atoms with van der Waals surface area (Å²) in [5.74, 6) is 1.20. The molecule has 5 N–H and O–H groups in total. The van der Waals surface area contributed by atoms with Crippen LogP contribution < -0.4 is 5.84 Å². The third-order valence-electron chi connectivity index (χ3n) is 5.69. The van der Waals surface area contributed by atoms with E-state index >= 15 is 0 Å². The minimum atomic E-state index is -1.61. The highest BCUT2D eigenvalue weighted by atomic mass is 35.5. The molecule has 0 aliphatic carbocycles. The van der Waals surface area contributed by atoms with Crippen molar-refractivity contribution in [3.05, 3.63) is 70.6 Å². The largest absolute Gasteiger partial charge is 0.394 e. The van der Waals surface area contributed by atoms with Crippen LogP contribution in [-0.4, -0.2) is 61.5 Å². The van der Waals surface area contributed by atoms with Crippen molar-refractivity contribution in [3.8, 4) is 11.3 Å². The van der Waals surface area contributed by atoms with Crippen molar-refractivity contribution in [1.82, 2.24) is 15.0 Å². The molecule has 1 aliphatic heterocycles. The minimum Gasteiger partial charge on any atom is -0.394 e. The molecule has 4 atom stereocenters. The maximum atomic E-state index is 13.7. The van der Waals surface area contributed by atoms with Crippen LogP contribution in [0.4, 0.5) is 13.2 Å². The number of hydrogen-bond donors (Lipinski definition) is 4. The van der Waals surface area contributed by atoms with E-state index in [0.717, 1.165) is 12.1 Å². The molecule has 0 saturated carbocycles. The number of nitrogens with one attached hydrogen (secondary N) is 1. The summed E-state index contributed by atoms with van der Waals surface area (Å²) in [6, 6.07) is 7.20. The molecule has 1 saturated heterocycles. The summed E-state index contributed by atoms with van der Waals surface area (Å²) in [4.78, 5) is 0. The van der Waals surface area contributed by atoms with Gasteiger partial charge in [-0.2, -0.15) is 5.10 Å². The molecular formula is C22H20ClF3N6O3. The summed E-state index contributed by atoms with van der Waals surface area (Å²) < 4.78 is 47.6. The zero-order valence-electron chi connectivity index (χ0n) is 17.9. The fraction of sp³-hybridized carbons (Fsp3) is 0.273. The van der Waals surface area contributed by atoms with E-state index in [4.69, 9.17) is 27.6 Å². The van der Waals surface area contributed by atoms with Gasteiger partial charge in [-0.3, -0.25) is 5.41 Å². The Morgan fingerprint density at radius 3 is 2.60 bits per heavy atom. The molecule has 4 rings (SSSR count). The summed E-state index contributed by atoms with van der Waals surface area (Å²) >= 11 is 6.02. The summed E-state index contributed by atoms with van der Waals surface area (Å²) in [7, 11) is 0. The number of nitrogens with zero attached hydrogens (tertiary/aromatic N) is 4. The lowest BCUT2D eigenvalue weighted by Gasteiger charge is -2.38. The predicted molar refractivity (Wildman–Crippen MR) is 121 cm³/mol. The fourth-order valence-electron chi connectivity index (χ4n) is 3.92. The molecule has 4 unspecified atom stereocenters. The van der Waals surface area contributed by atoms with Gasteiger partial charge in [-0.15, -0.1) is 5.10 Å². The van der Waals surface area contributed by atoms with Crippen LogP contribution in [0.3, 0.4) is 0 Å². The van der Waals surface area contributed by atoms with Crippen LogP contribution in [0.15, 0.2) is 47.7 Å². The number of aliphatic hydroxyl groups excluding tert-OH is 2. The van der Waals surface area contributed by atoms with Gasteiger partial charge >= 0.3 is 0 Å². The number of halogens is 4. The summed E-state index contributed by atoms with van der Waals surface area (Å²) in [6.45, 7) is -0.563. The Hall–Kier alpha value is -3.32. The van der Waals surface area contributed by atoms with Crippen molar-refractivity contribution in [1.29, 1.82) is 5.41 Å². The maximum absolute atomic E-state index is 13.7. The minimum absolute atomic E-state index is 0.0194. The van der Waals surface area contributed by atoms with Crippen LogP contribution in [0.25, 0.3) is 11.3 Å². The van der Waals surface area contributed by atoms with Crippen molar-refractivity contribution in [2.24, 2.45) is 10.9 Å². The van der Waals surface area contributed by atoms with Crippen molar-refractivity contribution in [2.45, 2.75) is 30.8 Å². The second-order valence-electron chi connectivity index (χ2n) is 7.88. The molecule has 9 nitrogen and oxygen atoms in total. The van der Waals surface area contributed by atoms with Crippen molar-refractivity contribution in [2.75, 3.05) is 6.61 Å². The third kappa shape index (κ3) is 4.91. The second-order valence-corrected chi connectivity index (χ2v) is 8.31. The fourth-order valence-corrected chi connectivity index (χ4v) is 4.11. The monoisotopic (exact) mass is 508 g/mol. The van der Waals surface area contributed by atoms with E-state index < -0.39 is 48.4 Å². The van der Waals surface area contributed by atoms with Crippen LogP contribution in [-0.2, 0) is 4.74 Å². The standard InChI is InChI=1S/C22H20ClF3N6O3/c23-12-3-1-2-10(4-12)20(27)21(29-28)17-7-16(22(34)18(9-33)35-17)32-8-15(30-31-32)11-5-13(24)19(26)14(25)6-11/h1-6,8,16-18,22,27,33-34H,7,9,28H2. The molecule has 3 aromatic rings. The third-order valence-corrected chi connectivity index (χ3v) is 5.93. The Labute approximate surface area is 202 Å². The van der Waals surface area contributed by atoms with Gasteiger partial charge in [0.15, 0.2) is 17.5 Å². The van der Waals surface area contributed by atoms with E-state index in [9.17, 15) is 23.4 Å². The number of benzene rings is 2. The normalized spacial score (nSPS) is 22.9. The lowest BCUT2D eigenvalue weighted by molar-refractivity contribution is -0.136. The van der Waals surface area contributed by atoms with Gasteiger partial charge in [0.1, 0.15) is 29.7 Å². The summed E-state index contributed by atoms with van der Waals surface area (Å²) in [5, 5.41) is 41.0. The molecule has 2 aromatic carbocycles. The molecule has 13 heteroatoms. The molecule has 2 heterocycles. The van der Waals surface area contributed by atoms with Gasteiger partial charge in [0, 0.05) is 22.6 Å². The first-order chi connectivity index (χ1) is 16.7. The van der Waals surface area contributed by atoms with E-state index in [1.54, 1.807) is 24.3 Å². The zero-order valence-corrected chi connectivity index (χ0v) is 18.7. The highest BCUT2D eigenvalue weighted by Gasteiger charge is 2.42. The zero-order chi connectivity index (χ0) is 25.3. The molecular weight excluding hydrogens is 489 g/mol. The number of aliphatic hydroxyl groups is 2. The van der Waals surface area contributed by atoms with Crippen LogP contribution in [0.2, 0.25) is 5.02 Å². The van der Waals surface area contributed by atoms with Crippen LogP contribution >= 0.6 is 11.6 Å². The second kappa shape index (κ2) is 10.1. The van der Waals surface area contributed by atoms with E-state index in [0.29, 0.717) is 10.6 Å². The lowest BCUT2D eigenvalue weighted by atomic mass is 9.90. The van der Waals surface area contributed by atoms with Gasteiger partial charge in [-0.1, -0.05) is 28.9 Å². The van der Waals surface area contributed by atoms with Crippen LogP contribution in [0, 0.1) is 22.9 Å². The molecule has 35 heavy (non-hydrogen) atoms. The van der Waals surface area contributed by atoms with Gasteiger partial charge in [0.25, 0.3) is 0 Å². The lowest BCUT2D eigenvalue weighted by Crippen LogP contribution is -2.51. The van der Waals surface area contributed by atoms with Crippen LogP contribution in [0.1, 0.15) is 18.0 Å². The van der Waals surface area contributed by atoms with Gasteiger partial charge in [-0.05, 0) is 24.3 Å². The van der Waals surface area contributed by atoms with Crippen molar-refractivity contribution >= 4 is 23.0 Å². The molecule has 0 spiro atoms. The van der Waals surface area contributed by atoms with Gasteiger partial charge in [0.05, 0.1) is 24.6 Å². The highest BCUT2D eigenvalue weighted by Crippen LogP contribution is 2.32. The topological polar surface area (TPSA) is 143 Å². The first-order valence-corrected chi connectivity index (χ1v) is 10.7. The maximum Gasteiger partial charge on any atom is 0.194 e. The average Bonchev–Trinajstić information content (AvgIpc) is 3.33. The Morgan fingerprint density at radius 1 is 1.26 bits per heavy atom. The van der Waals surface area contributed by atoms with E-state index in [1.165, 1.54) is 10.9 Å². The van der Waals surface area contributed by atoms with Gasteiger partial charge in [0.2, 0.25) is 0 Å². The smallest absolute Gasteiger partial charge is 0.194 e. The number of nitrogens with two attached hydrogens (primary N) is 1. The molecule has 1 fully saturated rings. The molecule has 1 aliphatic rings. The Balaban J connectivity index is 1.64. The van der Waals surface area contributed by atoms with Gasteiger partial charge < -0.3 is 20.8 Å². The molecule has 1 aromatic heterocycles. The first-order valence-electron chi connectivity index (χ1n) is 10.4.